The Morgan fingerprint density at radius 1 is 1.35 bits per heavy atom. The van der Waals surface area contributed by atoms with E-state index in [4.69, 9.17) is 4.74 Å². The maximum absolute atomic E-state index is 12.5. The summed E-state index contributed by atoms with van der Waals surface area (Å²) in [6, 6.07) is 10.2. The van der Waals surface area contributed by atoms with Crippen LogP contribution < -0.4 is 0 Å². The van der Waals surface area contributed by atoms with Gasteiger partial charge >= 0.3 is 0 Å². The van der Waals surface area contributed by atoms with Crippen LogP contribution >= 0.6 is 0 Å². The standard InChI is InChI=1S/C16H21NO3/c1-11-8-17(9-13(10-18)20-11)16(19)15-7-14(15)12-5-3-2-4-6-12/h2-6,11,13-15,18H,7-10H2,1H3. The number of rotatable bonds is 3. The van der Waals surface area contributed by atoms with Crippen molar-refractivity contribution in [2.24, 2.45) is 5.92 Å². The number of carbonyl (C=O) groups is 1. The Bertz CT molecular complexity index is 476. The summed E-state index contributed by atoms with van der Waals surface area (Å²) in [4.78, 5) is 14.4. The lowest BCUT2D eigenvalue weighted by atomic mass is 10.1. The highest BCUT2D eigenvalue weighted by Crippen LogP contribution is 2.48. The predicted octanol–water partition coefficient (Wildman–Crippen LogP) is 1.40. The maximum Gasteiger partial charge on any atom is 0.226 e. The molecule has 1 saturated carbocycles. The molecule has 1 aromatic rings. The molecule has 1 N–H and O–H groups in total. The maximum atomic E-state index is 12.5. The minimum Gasteiger partial charge on any atom is -0.394 e. The average Bonchev–Trinajstić information content (AvgIpc) is 3.27. The van der Waals surface area contributed by atoms with E-state index in [2.05, 4.69) is 12.1 Å². The normalized spacial score (nSPS) is 33.0. The van der Waals surface area contributed by atoms with E-state index in [1.165, 1.54) is 5.56 Å². The van der Waals surface area contributed by atoms with Crippen LogP contribution in [0.5, 0.6) is 0 Å². The summed E-state index contributed by atoms with van der Waals surface area (Å²) in [5, 5.41) is 9.23. The van der Waals surface area contributed by atoms with Crippen LogP contribution in [0.15, 0.2) is 30.3 Å². The molecule has 0 radical (unpaired) electrons. The Morgan fingerprint density at radius 3 is 2.80 bits per heavy atom. The van der Waals surface area contributed by atoms with Crippen LogP contribution in [0.2, 0.25) is 0 Å². The third-order valence-electron chi connectivity index (χ3n) is 4.18. The molecule has 2 aliphatic rings. The van der Waals surface area contributed by atoms with Crippen LogP contribution in [0.1, 0.15) is 24.8 Å². The zero-order valence-electron chi connectivity index (χ0n) is 11.7. The molecule has 2 fully saturated rings. The first-order valence-electron chi connectivity index (χ1n) is 7.29. The molecule has 108 valence electrons. The summed E-state index contributed by atoms with van der Waals surface area (Å²) < 4.78 is 5.58. The Morgan fingerprint density at radius 2 is 2.10 bits per heavy atom. The highest BCUT2D eigenvalue weighted by atomic mass is 16.5. The molecular weight excluding hydrogens is 254 g/mol. The van der Waals surface area contributed by atoms with Crippen molar-refractivity contribution < 1.29 is 14.6 Å². The Hall–Kier alpha value is -1.39. The van der Waals surface area contributed by atoms with Crippen molar-refractivity contribution in [1.82, 2.24) is 4.90 Å². The summed E-state index contributed by atoms with van der Waals surface area (Å²) in [7, 11) is 0. The Labute approximate surface area is 119 Å². The van der Waals surface area contributed by atoms with Gasteiger partial charge in [-0.25, -0.2) is 0 Å². The van der Waals surface area contributed by atoms with Gasteiger partial charge < -0.3 is 14.7 Å². The number of hydrogen-bond acceptors (Lipinski definition) is 3. The molecule has 3 rings (SSSR count). The van der Waals surface area contributed by atoms with Crippen molar-refractivity contribution in [2.45, 2.75) is 31.5 Å². The number of aliphatic hydroxyl groups is 1. The lowest BCUT2D eigenvalue weighted by Crippen LogP contribution is -2.50. The third-order valence-corrected chi connectivity index (χ3v) is 4.18. The number of hydrogen-bond donors (Lipinski definition) is 1. The minimum absolute atomic E-state index is 0.00113. The van der Waals surface area contributed by atoms with E-state index in [1.54, 1.807) is 0 Å². The second-order valence-electron chi connectivity index (χ2n) is 5.85. The molecule has 1 saturated heterocycles. The molecular formula is C16H21NO3. The molecule has 1 amide bonds. The number of amides is 1. The van der Waals surface area contributed by atoms with Gasteiger partial charge in [0.1, 0.15) is 0 Å². The van der Waals surface area contributed by atoms with E-state index in [0.717, 1.165) is 6.42 Å². The zero-order chi connectivity index (χ0) is 14.1. The fraction of sp³-hybridized carbons (Fsp3) is 0.562. The third kappa shape index (κ3) is 2.72. The molecule has 0 spiro atoms. The van der Waals surface area contributed by atoms with Gasteiger partial charge in [-0.3, -0.25) is 4.79 Å². The predicted molar refractivity (Wildman–Crippen MR) is 75.3 cm³/mol. The lowest BCUT2D eigenvalue weighted by Gasteiger charge is -2.36. The molecule has 1 aromatic carbocycles. The van der Waals surface area contributed by atoms with Crippen LogP contribution in [0.3, 0.4) is 0 Å². The molecule has 0 aromatic heterocycles. The SMILES string of the molecule is CC1CN(C(=O)C2CC2c2ccccc2)CC(CO)O1. The Balaban J connectivity index is 1.63. The molecule has 4 unspecified atom stereocenters. The average molecular weight is 275 g/mol. The highest BCUT2D eigenvalue weighted by molar-refractivity contribution is 5.83. The smallest absolute Gasteiger partial charge is 0.226 e. The van der Waals surface area contributed by atoms with Gasteiger partial charge in [0.05, 0.1) is 18.8 Å². The lowest BCUT2D eigenvalue weighted by molar-refractivity contribution is -0.148. The van der Waals surface area contributed by atoms with E-state index in [9.17, 15) is 9.90 Å². The molecule has 20 heavy (non-hydrogen) atoms. The van der Waals surface area contributed by atoms with Gasteiger partial charge in [-0.1, -0.05) is 30.3 Å². The zero-order valence-corrected chi connectivity index (χ0v) is 11.7. The topological polar surface area (TPSA) is 49.8 Å². The van der Waals surface area contributed by atoms with E-state index in [-0.39, 0.29) is 30.6 Å². The molecule has 4 atom stereocenters. The van der Waals surface area contributed by atoms with Crippen LogP contribution in [-0.2, 0) is 9.53 Å². The second-order valence-corrected chi connectivity index (χ2v) is 5.85. The van der Waals surface area contributed by atoms with Crippen molar-refractivity contribution in [3.63, 3.8) is 0 Å². The van der Waals surface area contributed by atoms with E-state index >= 15 is 0 Å². The first-order valence-corrected chi connectivity index (χ1v) is 7.29. The molecule has 1 aliphatic heterocycles. The van der Waals surface area contributed by atoms with E-state index in [1.807, 2.05) is 30.0 Å². The number of ether oxygens (including phenoxy) is 1. The molecule has 1 heterocycles. The van der Waals surface area contributed by atoms with Gasteiger partial charge in [0.25, 0.3) is 0 Å². The summed E-state index contributed by atoms with van der Waals surface area (Å²) in [5.74, 6) is 0.698. The van der Waals surface area contributed by atoms with Gasteiger partial charge in [-0.05, 0) is 24.8 Å². The van der Waals surface area contributed by atoms with Gasteiger partial charge in [0.15, 0.2) is 0 Å². The van der Waals surface area contributed by atoms with Crippen LogP contribution in [0.4, 0.5) is 0 Å². The first kappa shape index (κ1) is 13.6. The second kappa shape index (κ2) is 5.54. The number of carbonyl (C=O) groups excluding carboxylic acids is 1. The molecule has 4 nitrogen and oxygen atoms in total. The fourth-order valence-electron chi connectivity index (χ4n) is 3.10. The quantitative estimate of drug-likeness (QED) is 0.907. The number of morpholine rings is 1. The minimum atomic E-state index is -0.239. The van der Waals surface area contributed by atoms with Gasteiger partial charge in [-0.2, -0.15) is 0 Å². The molecule has 0 bridgehead atoms. The summed E-state index contributed by atoms with van der Waals surface area (Å²) >= 11 is 0. The molecule has 1 aliphatic carbocycles. The molecule has 4 heteroatoms. The van der Waals surface area contributed by atoms with Crippen LogP contribution in [0.25, 0.3) is 0 Å². The van der Waals surface area contributed by atoms with Crippen LogP contribution in [0, 0.1) is 5.92 Å². The first-order chi connectivity index (χ1) is 9.69. The van der Waals surface area contributed by atoms with Crippen molar-refractivity contribution in [2.75, 3.05) is 19.7 Å². The van der Waals surface area contributed by atoms with Gasteiger partial charge in [0.2, 0.25) is 5.91 Å². The number of nitrogens with zero attached hydrogens (tertiary/aromatic N) is 1. The van der Waals surface area contributed by atoms with E-state index in [0.29, 0.717) is 19.0 Å². The van der Waals surface area contributed by atoms with Gasteiger partial charge in [0, 0.05) is 19.0 Å². The largest absolute Gasteiger partial charge is 0.394 e. The number of aliphatic hydroxyl groups excluding tert-OH is 1. The fourth-order valence-corrected chi connectivity index (χ4v) is 3.10. The summed E-state index contributed by atoms with van der Waals surface area (Å²) in [6.07, 6.45) is 0.702. The van der Waals surface area contributed by atoms with Crippen molar-refractivity contribution in [1.29, 1.82) is 0 Å². The monoisotopic (exact) mass is 275 g/mol. The summed E-state index contributed by atoms with van der Waals surface area (Å²) in [6.45, 7) is 3.07. The van der Waals surface area contributed by atoms with Gasteiger partial charge in [-0.15, -0.1) is 0 Å². The van der Waals surface area contributed by atoms with Crippen molar-refractivity contribution in [3.8, 4) is 0 Å². The van der Waals surface area contributed by atoms with Crippen LogP contribution in [-0.4, -0.2) is 47.8 Å². The number of benzene rings is 1. The van der Waals surface area contributed by atoms with E-state index < -0.39 is 0 Å². The van der Waals surface area contributed by atoms with Crippen molar-refractivity contribution in [3.05, 3.63) is 35.9 Å². The highest BCUT2D eigenvalue weighted by Gasteiger charge is 2.46. The summed E-state index contributed by atoms with van der Waals surface area (Å²) in [5.41, 5.74) is 1.26. The Kier molecular flexibility index (Phi) is 3.76. The van der Waals surface area contributed by atoms with Crippen molar-refractivity contribution >= 4 is 5.91 Å².